The van der Waals surface area contributed by atoms with E-state index in [0.717, 1.165) is 33.2 Å². The number of benzene rings is 7. The van der Waals surface area contributed by atoms with E-state index < -0.39 is 0 Å². The monoisotopic (exact) mass is 943 g/mol. The van der Waals surface area contributed by atoms with Crippen molar-refractivity contribution in [3.05, 3.63) is 136 Å². The molecule has 9 aromatic rings. The molecular formula is C66H70B3FN2. The molecule has 72 heavy (non-hydrogen) atoms. The first-order valence-electron chi connectivity index (χ1n) is 26.9. The van der Waals surface area contributed by atoms with Crippen LogP contribution in [0.4, 0.5) is 4.39 Å². The molecule has 0 aliphatic carbocycles. The summed E-state index contributed by atoms with van der Waals surface area (Å²) < 4.78 is 25.5. The van der Waals surface area contributed by atoms with Crippen molar-refractivity contribution in [3.8, 4) is 11.4 Å². The number of halogens is 1. The fraction of sp³-hybridized carbons (Fsp3) is 0.364. The van der Waals surface area contributed by atoms with Crippen molar-refractivity contribution in [2.45, 2.75) is 157 Å². The van der Waals surface area contributed by atoms with E-state index in [-0.39, 0.29) is 58.4 Å². The van der Waals surface area contributed by atoms with E-state index in [0.29, 0.717) is 0 Å². The first kappa shape index (κ1) is 46.1. The zero-order chi connectivity index (χ0) is 51.2. The predicted molar refractivity (Wildman–Crippen MR) is 314 cm³/mol. The number of aromatic nitrogens is 2. The molecule has 6 heteroatoms. The number of hydrogen-bond donors (Lipinski definition) is 0. The summed E-state index contributed by atoms with van der Waals surface area (Å²) in [5, 5.41) is 5.11. The van der Waals surface area contributed by atoms with Gasteiger partial charge in [-0.3, -0.25) is 0 Å². The lowest BCUT2D eigenvalue weighted by Crippen LogP contribution is -2.71. The van der Waals surface area contributed by atoms with Crippen molar-refractivity contribution in [3.63, 3.8) is 0 Å². The Morgan fingerprint density at radius 3 is 0.806 bits per heavy atom. The van der Waals surface area contributed by atoms with Gasteiger partial charge in [0.15, 0.2) is 0 Å². The van der Waals surface area contributed by atoms with Crippen LogP contribution in [0.25, 0.3) is 55.0 Å². The molecule has 4 aliphatic heterocycles. The van der Waals surface area contributed by atoms with Gasteiger partial charge >= 0.3 is 0 Å². The molecule has 0 atom stereocenters. The fourth-order valence-corrected chi connectivity index (χ4v) is 13.6. The van der Waals surface area contributed by atoms with Crippen molar-refractivity contribution in [2.24, 2.45) is 0 Å². The summed E-state index contributed by atoms with van der Waals surface area (Å²) in [4.78, 5) is 0. The largest absolute Gasteiger partial charge is 0.311 e. The van der Waals surface area contributed by atoms with Crippen LogP contribution in [0.2, 0.25) is 0 Å². The zero-order valence-corrected chi connectivity index (χ0v) is 46.2. The molecular weight excluding hydrogens is 872 g/mol. The van der Waals surface area contributed by atoms with Crippen LogP contribution in [0, 0.1) is 5.82 Å². The maximum Gasteiger partial charge on any atom is 0.252 e. The Morgan fingerprint density at radius 1 is 0.306 bits per heavy atom. The van der Waals surface area contributed by atoms with Crippen LogP contribution in [0.15, 0.2) is 97.1 Å². The molecule has 13 rings (SSSR count). The van der Waals surface area contributed by atoms with Crippen molar-refractivity contribution in [2.75, 3.05) is 0 Å². The molecule has 4 aliphatic rings. The van der Waals surface area contributed by atoms with E-state index in [1.165, 1.54) is 104 Å². The van der Waals surface area contributed by atoms with Crippen LogP contribution in [0.1, 0.15) is 158 Å². The van der Waals surface area contributed by atoms with Gasteiger partial charge in [0, 0.05) is 55.0 Å². The van der Waals surface area contributed by atoms with Gasteiger partial charge in [-0.05, 0) is 128 Å². The summed E-state index contributed by atoms with van der Waals surface area (Å²) in [6.45, 7) is 41.1. The molecule has 0 amide bonds. The fourth-order valence-electron chi connectivity index (χ4n) is 13.6. The van der Waals surface area contributed by atoms with E-state index in [4.69, 9.17) is 0 Å². The highest BCUT2D eigenvalue weighted by molar-refractivity contribution is 7.06. The van der Waals surface area contributed by atoms with Crippen molar-refractivity contribution in [1.82, 2.24) is 9.13 Å². The molecule has 0 radical (unpaired) electrons. The van der Waals surface area contributed by atoms with Gasteiger partial charge in [-0.15, -0.1) is 0 Å². The Bertz CT molecular complexity index is 3660. The van der Waals surface area contributed by atoms with E-state index in [1.807, 2.05) is 0 Å². The smallest absolute Gasteiger partial charge is 0.252 e. The lowest BCUT2D eigenvalue weighted by molar-refractivity contribution is 0.590. The SMILES string of the molecule is CC(C)(C)c1ccc(B2c3c(F)c4c5c6c3-n3c7c2cc(C(C)(C)C)cc7c2cc(C(C)(C)C)cc(c23)B6c2cc(C(C)(C)C)cc3c6cc(C(C)(C)C)cc(c6n-5c23)B4c2ccc(C(C)(C)C)cc2)cc1. The summed E-state index contributed by atoms with van der Waals surface area (Å²) in [5.41, 5.74) is 24.5. The lowest BCUT2D eigenvalue weighted by atomic mass is 9.27. The molecule has 0 saturated heterocycles. The molecule has 0 bridgehead atoms. The van der Waals surface area contributed by atoms with Gasteiger partial charge in [0.05, 0.1) is 0 Å². The maximum atomic E-state index is 20.3. The summed E-state index contributed by atoms with van der Waals surface area (Å²) >= 11 is 0. The highest BCUT2D eigenvalue weighted by Crippen LogP contribution is 2.45. The molecule has 0 saturated carbocycles. The molecule has 0 fully saturated rings. The number of hydrogen-bond acceptors (Lipinski definition) is 0. The van der Waals surface area contributed by atoms with Gasteiger partial charge in [-0.2, -0.15) is 0 Å². The first-order valence-corrected chi connectivity index (χ1v) is 26.9. The normalized spacial score (nSPS) is 15.1. The van der Waals surface area contributed by atoms with E-state index in [2.05, 4.69) is 231 Å². The third kappa shape index (κ3) is 6.05. The third-order valence-electron chi connectivity index (χ3n) is 17.8. The molecule has 0 unspecified atom stereocenters. The lowest BCUT2D eigenvalue weighted by Gasteiger charge is -2.42. The van der Waals surface area contributed by atoms with Crippen LogP contribution in [0.5, 0.6) is 0 Å². The minimum Gasteiger partial charge on any atom is -0.311 e. The molecule has 6 heterocycles. The van der Waals surface area contributed by atoms with Crippen molar-refractivity contribution < 1.29 is 4.39 Å². The van der Waals surface area contributed by atoms with Crippen LogP contribution in [0.3, 0.4) is 0 Å². The topological polar surface area (TPSA) is 9.86 Å². The third-order valence-corrected chi connectivity index (χ3v) is 17.8. The number of nitrogens with zero attached hydrogens (tertiary/aromatic N) is 2. The molecule has 2 nitrogen and oxygen atoms in total. The Morgan fingerprint density at radius 2 is 0.556 bits per heavy atom. The van der Waals surface area contributed by atoms with E-state index in [9.17, 15) is 0 Å². The maximum absolute atomic E-state index is 20.3. The van der Waals surface area contributed by atoms with Crippen LogP contribution < -0.4 is 49.2 Å². The van der Waals surface area contributed by atoms with Gasteiger partial charge in [-0.1, -0.05) is 208 Å². The van der Waals surface area contributed by atoms with Crippen LogP contribution >= 0.6 is 0 Å². The van der Waals surface area contributed by atoms with Crippen LogP contribution in [-0.2, 0) is 32.5 Å². The Labute approximate surface area is 429 Å². The summed E-state index contributed by atoms with van der Waals surface area (Å²) in [5.74, 6) is -0.0644. The van der Waals surface area contributed by atoms with Crippen molar-refractivity contribution >= 4 is 113 Å². The average molecular weight is 943 g/mol. The quantitative estimate of drug-likeness (QED) is 0.153. The van der Waals surface area contributed by atoms with Gasteiger partial charge in [0.2, 0.25) is 0 Å². The van der Waals surface area contributed by atoms with Crippen molar-refractivity contribution in [1.29, 1.82) is 0 Å². The second-order valence-corrected chi connectivity index (χ2v) is 28.8. The minimum atomic E-state index is -0.348. The Balaban J connectivity index is 1.31. The van der Waals surface area contributed by atoms with Gasteiger partial charge in [-0.25, -0.2) is 4.39 Å². The van der Waals surface area contributed by atoms with Gasteiger partial charge < -0.3 is 9.13 Å². The molecule has 7 aromatic carbocycles. The molecule has 2 aromatic heterocycles. The number of rotatable bonds is 2. The summed E-state index contributed by atoms with van der Waals surface area (Å²) in [6, 6.07) is 38.7. The summed E-state index contributed by atoms with van der Waals surface area (Å²) in [6.07, 6.45) is 0. The molecule has 360 valence electrons. The Kier molecular flexibility index (Phi) is 8.89. The van der Waals surface area contributed by atoms with Gasteiger partial charge in [0.1, 0.15) is 5.82 Å². The molecule has 0 N–H and O–H groups in total. The highest BCUT2D eigenvalue weighted by atomic mass is 19.1. The highest BCUT2D eigenvalue weighted by Gasteiger charge is 2.52. The average Bonchev–Trinajstić information content (AvgIpc) is 3.80. The predicted octanol–water partition coefficient (Wildman–Crippen LogP) is 10.6. The second kappa shape index (κ2) is 13.9. The molecule has 0 spiro atoms. The minimum absolute atomic E-state index is 0.0274. The van der Waals surface area contributed by atoms with Crippen LogP contribution in [-0.4, -0.2) is 29.3 Å². The zero-order valence-electron chi connectivity index (χ0n) is 46.2. The first-order chi connectivity index (χ1) is 33.4. The number of fused-ring (bicyclic) bond motifs is 4. The standard InChI is InChI=1S/C66H70B3FN2/c1-61(2,3)35-19-23-41(24-20-35)67-47-31-37(63(7,8)9)27-43-45-29-39(65(13,14)15)33-49-57(45)71(55(43)47)59-51(67)54(70)52-60-53(59)69(49)50-34-40(66(16,17)18)30-46-44-28-38(64(10,11)12)32-48(56(44)72(60)58(46)50)68(52)42-25-21-36(22-26-42)62(4,5)6/h19-34H,1-18H3. The van der Waals surface area contributed by atoms with E-state index >= 15 is 4.39 Å². The second-order valence-electron chi connectivity index (χ2n) is 28.8. The van der Waals surface area contributed by atoms with E-state index in [1.54, 1.807) is 0 Å². The summed E-state index contributed by atoms with van der Waals surface area (Å²) in [7, 11) is 0. The van der Waals surface area contributed by atoms with Gasteiger partial charge in [0.25, 0.3) is 20.1 Å². The Hall–Kier alpha value is -5.74.